The van der Waals surface area contributed by atoms with Crippen molar-refractivity contribution >= 4 is 17.5 Å². The van der Waals surface area contributed by atoms with Crippen molar-refractivity contribution in [2.24, 2.45) is 0 Å². The number of rotatable bonds is 6. The Bertz CT molecular complexity index is 696. The number of hydrogen-bond donors (Lipinski definition) is 1. The van der Waals surface area contributed by atoms with E-state index in [1.165, 1.54) is 4.90 Å². The molecule has 0 spiro atoms. The number of amides is 2. The minimum Gasteiger partial charge on any atom is -0.345 e. The molecule has 0 saturated heterocycles. The maximum Gasteiger partial charge on any atom is 0.253 e. The zero-order chi connectivity index (χ0) is 17.5. The predicted molar refractivity (Wildman–Crippen MR) is 97.2 cm³/mol. The maximum atomic E-state index is 12.7. The molecule has 0 heterocycles. The first-order chi connectivity index (χ1) is 11.5. The first-order valence-electron chi connectivity index (χ1n) is 8.20. The van der Waals surface area contributed by atoms with Crippen LogP contribution in [0.2, 0.25) is 0 Å². The molecule has 0 aliphatic heterocycles. The summed E-state index contributed by atoms with van der Waals surface area (Å²) in [5.74, 6) is -0.318. The van der Waals surface area contributed by atoms with Gasteiger partial charge in [0.15, 0.2) is 0 Å². The summed E-state index contributed by atoms with van der Waals surface area (Å²) in [4.78, 5) is 26.3. The lowest BCUT2D eigenvalue weighted by molar-refractivity contribution is -0.117. The Morgan fingerprint density at radius 2 is 1.75 bits per heavy atom. The zero-order valence-electron chi connectivity index (χ0n) is 14.5. The number of benzene rings is 2. The third-order valence-electron chi connectivity index (χ3n) is 3.88. The van der Waals surface area contributed by atoms with Gasteiger partial charge in [-0.2, -0.15) is 0 Å². The lowest BCUT2D eigenvalue weighted by Crippen LogP contribution is -2.23. The number of hydrogen-bond acceptors (Lipinski definition) is 2. The highest BCUT2D eigenvalue weighted by Gasteiger charge is 2.20. The molecule has 1 atom stereocenters. The first kappa shape index (κ1) is 17.7. The number of nitrogens with one attached hydrogen (secondary N) is 1. The minimum absolute atomic E-state index is 0.0440. The Morgan fingerprint density at radius 1 is 1.04 bits per heavy atom. The second kappa shape index (κ2) is 8.29. The van der Waals surface area contributed by atoms with Crippen molar-refractivity contribution in [3.8, 4) is 0 Å². The summed E-state index contributed by atoms with van der Waals surface area (Å²) < 4.78 is 0. The molecular formula is C20H24N2O2. The molecule has 1 N–H and O–H groups in total. The largest absolute Gasteiger partial charge is 0.345 e. The standard InChI is InChI=1S/C20H24N2O2/c1-4-9-18(15-10-6-5-7-11-15)19(23)21-17-13-8-12-16(14-17)20(24)22(2)3/h5-8,10-14,18H,4,9H2,1-3H3,(H,21,23)/t18-/m0/s1. The molecule has 126 valence electrons. The molecule has 4 nitrogen and oxygen atoms in total. The summed E-state index contributed by atoms with van der Waals surface area (Å²) >= 11 is 0. The van der Waals surface area contributed by atoms with Crippen LogP contribution in [0.15, 0.2) is 54.6 Å². The molecule has 0 unspecified atom stereocenters. The Balaban J connectivity index is 2.18. The lowest BCUT2D eigenvalue weighted by atomic mass is 9.93. The van der Waals surface area contributed by atoms with Crippen LogP contribution in [0, 0.1) is 0 Å². The van der Waals surface area contributed by atoms with E-state index in [-0.39, 0.29) is 17.7 Å². The van der Waals surface area contributed by atoms with E-state index in [0.717, 1.165) is 18.4 Å². The molecule has 0 radical (unpaired) electrons. The molecule has 0 saturated carbocycles. The summed E-state index contributed by atoms with van der Waals surface area (Å²) in [5.41, 5.74) is 2.21. The van der Waals surface area contributed by atoms with Gasteiger partial charge in [0.1, 0.15) is 0 Å². The molecule has 0 aliphatic rings. The topological polar surface area (TPSA) is 49.4 Å². The first-order valence-corrected chi connectivity index (χ1v) is 8.20. The molecule has 2 amide bonds. The van der Waals surface area contributed by atoms with Gasteiger partial charge in [0, 0.05) is 25.3 Å². The zero-order valence-corrected chi connectivity index (χ0v) is 14.5. The normalized spacial score (nSPS) is 11.6. The molecule has 2 aromatic rings. The van der Waals surface area contributed by atoms with Gasteiger partial charge in [-0.15, -0.1) is 0 Å². The van der Waals surface area contributed by atoms with Crippen LogP contribution in [-0.2, 0) is 4.79 Å². The SMILES string of the molecule is CCC[C@H](C(=O)Nc1cccc(C(=O)N(C)C)c1)c1ccccc1. The summed E-state index contributed by atoms with van der Waals surface area (Å²) in [6.45, 7) is 2.07. The molecule has 0 aromatic heterocycles. The van der Waals surface area contributed by atoms with Gasteiger partial charge in [0.05, 0.1) is 5.92 Å². The van der Waals surface area contributed by atoms with Crippen LogP contribution in [0.4, 0.5) is 5.69 Å². The minimum atomic E-state index is -0.190. The monoisotopic (exact) mass is 324 g/mol. The van der Waals surface area contributed by atoms with Crippen molar-refractivity contribution in [3.05, 3.63) is 65.7 Å². The van der Waals surface area contributed by atoms with Crippen molar-refractivity contribution in [3.63, 3.8) is 0 Å². The van der Waals surface area contributed by atoms with E-state index in [4.69, 9.17) is 0 Å². The van der Waals surface area contributed by atoms with Crippen LogP contribution in [0.25, 0.3) is 0 Å². The Kier molecular flexibility index (Phi) is 6.13. The van der Waals surface area contributed by atoms with Gasteiger partial charge in [-0.3, -0.25) is 9.59 Å². The molecule has 24 heavy (non-hydrogen) atoms. The van der Waals surface area contributed by atoms with Crippen LogP contribution < -0.4 is 5.32 Å². The average molecular weight is 324 g/mol. The van der Waals surface area contributed by atoms with Gasteiger partial charge in [0.25, 0.3) is 5.91 Å². The van der Waals surface area contributed by atoms with Crippen molar-refractivity contribution < 1.29 is 9.59 Å². The summed E-state index contributed by atoms with van der Waals surface area (Å²) in [6, 6.07) is 16.8. The second-order valence-corrected chi connectivity index (χ2v) is 6.02. The van der Waals surface area contributed by atoms with E-state index in [0.29, 0.717) is 11.3 Å². The lowest BCUT2D eigenvalue weighted by Gasteiger charge is -2.17. The number of anilines is 1. The van der Waals surface area contributed by atoms with Crippen molar-refractivity contribution in [1.29, 1.82) is 0 Å². The number of carbonyl (C=O) groups excluding carboxylic acids is 2. The van der Waals surface area contributed by atoms with E-state index in [9.17, 15) is 9.59 Å². The van der Waals surface area contributed by atoms with Crippen LogP contribution in [0.5, 0.6) is 0 Å². The third kappa shape index (κ3) is 4.44. The molecule has 0 bridgehead atoms. The molecule has 0 fully saturated rings. The third-order valence-corrected chi connectivity index (χ3v) is 3.88. The van der Waals surface area contributed by atoms with Crippen LogP contribution in [0.3, 0.4) is 0 Å². The van der Waals surface area contributed by atoms with Crippen LogP contribution in [-0.4, -0.2) is 30.8 Å². The van der Waals surface area contributed by atoms with E-state index in [2.05, 4.69) is 12.2 Å². The Labute approximate surface area is 143 Å². The van der Waals surface area contributed by atoms with Crippen LogP contribution in [0.1, 0.15) is 41.6 Å². The predicted octanol–water partition coefficient (Wildman–Crippen LogP) is 3.91. The molecule has 2 rings (SSSR count). The molecular weight excluding hydrogens is 300 g/mol. The quantitative estimate of drug-likeness (QED) is 0.876. The van der Waals surface area contributed by atoms with Gasteiger partial charge in [-0.05, 0) is 30.2 Å². The van der Waals surface area contributed by atoms with Gasteiger partial charge >= 0.3 is 0 Å². The van der Waals surface area contributed by atoms with E-state index in [1.807, 2.05) is 30.3 Å². The van der Waals surface area contributed by atoms with Crippen molar-refractivity contribution in [1.82, 2.24) is 4.90 Å². The van der Waals surface area contributed by atoms with Gasteiger partial charge in [-0.1, -0.05) is 49.7 Å². The van der Waals surface area contributed by atoms with Crippen molar-refractivity contribution in [2.75, 3.05) is 19.4 Å². The van der Waals surface area contributed by atoms with Crippen LogP contribution >= 0.6 is 0 Å². The summed E-state index contributed by atoms with van der Waals surface area (Å²) in [5, 5.41) is 2.95. The second-order valence-electron chi connectivity index (χ2n) is 6.02. The van der Waals surface area contributed by atoms with E-state index >= 15 is 0 Å². The van der Waals surface area contributed by atoms with E-state index in [1.54, 1.807) is 38.4 Å². The number of carbonyl (C=O) groups is 2. The number of nitrogens with zero attached hydrogens (tertiary/aromatic N) is 1. The smallest absolute Gasteiger partial charge is 0.253 e. The Morgan fingerprint density at radius 3 is 2.38 bits per heavy atom. The maximum absolute atomic E-state index is 12.7. The highest BCUT2D eigenvalue weighted by molar-refractivity contribution is 5.98. The highest BCUT2D eigenvalue weighted by Crippen LogP contribution is 2.23. The van der Waals surface area contributed by atoms with Gasteiger partial charge < -0.3 is 10.2 Å². The fraction of sp³-hybridized carbons (Fsp3) is 0.300. The molecule has 2 aromatic carbocycles. The van der Waals surface area contributed by atoms with E-state index < -0.39 is 0 Å². The summed E-state index contributed by atoms with van der Waals surface area (Å²) in [6.07, 6.45) is 1.71. The molecule has 4 heteroatoms. The summed E-state index contributed by atoms with van der Waals surface area (Å²) in [7, 11) is 3.42. The van der Waals surface area contributed by atoms with Crippen molar-refractivity contribution in [2.45, 2.75) is 25.7 Å². The Hall–Kier alpha value is -2.62. The molecule has 0 aliphatic carbocycles. The van der Waals surface area contributed by atoms with Gasteiger partial charge in [-0.25, -0.2) is 0 Å². The fourth-order valence-corrected chi connectivity index (χ4v) is 2.64. The highest BCUT2D eigenvalue weighted by atomic mass is 16.2. The van der Waals surface area contributed by atoms with Gasteiger partial charge in [0.2, 0.25) is 5.91 Å². The average Bonchev–Trinajstić information content (AvgIpc) is 2.59. The fourth-order valence-electron chi connectivity index (χ4n) is 2.64.